The van der Waals surface area contributed by atoms with Crippen LogP contribution in [0.15, 0.2) is 46.1 Å². The molecule has 0 aliphatic heterocycles. The van der Waals surface area contributed by atoms with Crippen molar-refractivity contribution in [3.63, 3.8) is 0 Å². The average molecular weight is 277 g/mol. The van der Waals surface area contributed by atoms with Crippen LogP contribution in [-0.4, -0.2) is 19.7 Å². The molecule has 0 radical (unpaired) electrons. The Morgan fingerprint density at radius 1 is 1.11 bits per heavy atom. The number of aromatic nitrogens is 1. The summed E-state index contributed by atoms with van der Waals surface area (Å²) >= 11 is 0. The molecule has 100 valence electrons. The Bertz CT molecular complexity index is 743. The molecule has 5 heteroatoms. The van der Waals surface area contributed by atoms with Gasteiger partial charge in [-0.25, -0.2) is 8.42 Å². The van der Waals surface area contributed by atoms with Gasteiger partial charge in [-0.2, -0.15) is 0 Å². The fourth-order valence-electron chi connectivity index (χ4n) is 1.84. The van der Waals surface area contributed by atoms with Crippen LogP contribution < -0.4 is 5.56 Å². The monoisotopic (exact) mass is 277 g/mol. The number of H-pyrrole nitrogens is 1. The fraction of sp³-hybridized carbons (Fsp3) is 0.214. The highest BCUT2D eigenvalue weighted by atomic mass is 32.2. The van der Waals surface area contributed by atoms with Gasteiger partial charge in [0.1, 0.15) is 0 Å². The number of sulfone groups is 1. The molecule has 19 heavy (non-hydrogen) atoms. The molecule has 1 heterocycles. The van der Waals surface area contributed by atoms with E-state index in [0.29, 0.717) is 5.69 Å². The van der Waals surface area contributed by atoms with E-state index in [9.17, 15) is 13.2 Å². The summed E-state index contributed by atoms with van der Waals surface area (Å²) < 4.78 is 22.8. The predicted molar refractivity (Wildman–Crippen MR) is 75.0 cm³/mol. The molecule has 4 nitrogen and oxygen atoms in total. The Kier molecular flexibility index (Phi) is 3.57. The minimum Gasteiger partial charge on any atom is -0.322 e. The number of hydrogen-bond donors (Lipinski definition) is 1. The first-order chi connectivity index (χ1) is 8.90. The first kappa shape index (κ1) is 13.5. The van der Waals surface area contributed by atoms with Crippen molar-refractivity contribution in [2.75, 3.05) is 6.26 Å². The number of rotatable bonds is 3. The van der Waals surface area contributed by atoms with Crippen molar-refractivity contribution in [1.29, 1.82) is 0 Å². The van der Waals surface area contributed by atoms with Crippen molar-refractivity contribution in [3.05, 3.63) is 52.3 Å². The Balaban J connectivity index is 2.48. The zero-order valence-electron chi connectivity index (χ0n) is 10.8. The average Bonchev–Trinajstić information content (AvgIpc) is 2.37. The van der Waals surface area contributed by atoms with Crippen LogP contribution in [0.25, 0.3) is 11.3 Å². The second-order valence-electron chi connectivity index (χ2n) is 4.42. The first-order valence-corrected chi connectivity index (χ1v) is 7.83. The fourth-order valence-corrected chi connectivity index (χ4v) is 2.47. The van der Waals surface area contributed by atoms with Gasteiger partial charge in [-0.15, -0.1) is 0 Å². The third kappa shape index (κ3) is 3.12. The van der Waals surface area contributed by atoms with Gasteiger partial charge < -0.3 is 4.98 Å². The van der Waals surface area contributed by atoms with E-state index in [4.69, 9.17) is 0 Å². The summed E-state index contributed by atoms with van der Waals surface area (Å²) in [5, 5.41) is 0. The Morgan fingerprint density at radius 2 is 1.74 bits per heavy atom. The largest absolute Gasteiger partial charge is 0.322 e. The third-order valence-electron chi connectivity index (χ3n) is 2.91. The molecule has 0 atom stereocenters. The molecule has 1 N–H and O–H groups in total. The van der Waals surface area contributed by atoms with Crippen molar-refractivity contribution < 1.29 is 8.42 Å². The van der Waals surface area contributed by atoms with Gasteiger partial charge in [-0.05, 0) is 35.7 Å². The van der Waals surface area contributed by atoms with E-state index in [1.807, 2.05) is 13.0 Å². The molecule has 0 spiro atoms. The lowest BCUT2D eigenvalue weighted by atomic mass is 10.1. The molecule has 1 aromatic heterocycles. The molecule has 0 amide bonds. The smallest absolute Gasteiger partial charge is 0.248 e. The van der Waals surface area contributed by atoms with E-state index < -0.39 is 9.84 Å². The second kappa shape index (κ2) is 5.01. The number of aryl methyl sites for hydroxylation is 1. The molecule has 0 unspecified atom stereocenters. The van der Waals surface area contributed by atoms with Gasteiger partial charge in [0.15, 0.2) is 9.84 Å². The summed E-state index contributed by atoms with van der Waals surface area (Å²) in [6, 6.07) is 9.94. The summed E-state index contributed by atoms with van der Waals surface area (Å²) in [5.41, 5.74) is 2.29. The normalized spacial score (nSPS) is 11.5. The number of benzene rings is 1. The zero-order valence-corrected chi connectivity index (χ0v) is 11.6. The summed E-state index contributed by atoms with van der Waals surface area (Å²) in [4.78, 5) is 14.5. The highest BCUT2D eigenvalue weighted by molar-refractivity contribution is 7.90. The lowest BCUT2D eigenvalue weighted by Crippen LogP contribution is -2.07. The second-order valence-corrected chi connectivity index (χ2v) is 6.43. The van der Waals surface area contributed by atoms with Gasteiger partial charge >= 0.3 is 0 Å². The molecule has 2 rings (SSSR count). The maximum absolute atomic E-state index is 11.5. The highest BCUT2D eigenvalue weighted by Gasteiger charge is 2.07. The van der Waals surface area contributed by atoms with Gasteiger partial charge in [-0.3, -0.25) is 4.79 Å². The highest BCUT2D eigenvalue weighted by Crippen LogP contribution is 2.19. The SMILES string of the molecule is CCc1cc(-c2ccc(S(C)(=O)=O)cc2)[nH]c(=O)c1. The molecule has 0 saturated heterocycles. The lowest BCUT2D eigenvalue weighted by molar-refractivity contribution is 0.602. The van der Waals surface area contributed by atoms with Crippen LogP contribution in [0.2, 0.25) is 0 Å². The maximum Gasteiger partial charge on any atom is 0.248 e. The molecule has 0 aliphatic rings. The third-order valence-corrected chi connectivity index (χ3v) is 4.03. The molecule has 0 bridgehead atoms. The van der Waals surface area contributed by atoms with Gasteiger partial charge in [0.25, 0.3) is 0 Å². The molecular formula is C14H15NO3S. The zero-order chi connectivity index (χ0) is 14.0. The summed E-state index contributed by atoms with van der Waals surface area (Å²) in [5.74, 6) is 0. The van der Waals surface area contributed by atoms with Crippen molar-refractivity contribution in [1.82, 2.24) is 4.98 Å². The van der Waals surface area contributed by atoms with E-state index in [1.165, 1.54) is 6.26 Å². The number of aromatic amines is 1. The van der Waals surface area contributed by atoms with Crippen LogP contribution in [0, 0.1) is 0 Å². The van der Waals surface area contributed by atoms with Crippen LogP contribution >= 0.6 is 0 Å². The topological polar surface area (TPSA) is 67.0 Å². The number of nitrogens with one attached hydrogen (secondary N) is 1. The molecule has 2 aromatic rings. The maximum atomic E-state index is 11.5. The molecule has 1 aromatic carbocycles. The molecule has 0 aliphatic carbocycles. The Morgan fingerprint density at radius 3 is 2.26 bits per heavy atom. The van der Waals surface area contributed by atoms with Crippen LogP contribution in [0.4, 0.5) is 0 Å². The molecule has 0 fully saturated rings. The summed E-state index contributed by atoms with van der Waals surface area (Å²) in [6.45, 7) is 1.98. The van der Waals surface area contributed by atoms with E-state index >= 15 is 0 Å². The number of hydrogen-bond acceptors (Lipinski definition) is 3. The first-order valence-electron chi connectivity index (χ1n) is 5.94. The van der Waals surface area contributed by atoms with Crippen molar-refractivity contribution in [3.8, 4) is 11.3 Å². The number of pyridine rings is 1. The summed E-state index contributed by atoms with van der Waals surface area (Å²) in [7, 11) is -3.19. The van der Waals surface area contributed by atoms with Crippen LogP contribution in [0.1, 0.15) is 12.5 Å². The quantitative estimate of drug-likeness (QED) is 0.933. The van der Waals surface area contributed by atoms with Gasteiger partial charge in [0.05, 0.1) is 4.90 Å². The standard InChI is InChI=1S/C14H15NO3S/c1-3-10-8-13(15-14(16)9-10)11-4-6-12(7-5-11)19(2,17)18/h4-9H,3H2,1-2H3,(H,15,16). The minimum atomic E-state index is -3.19. The van der Waals surface area contributed by atoms with Crippen LogP contribution in [0.3, 0.4) is 0 Å². The predicted octanol–water partition coefficient (Wildman–Crippen LogP) is 2.01. The molecular weight excluding hydrogens is 262 g/mol. The van der Waals surface area contributed by atoms with Crippen molar-refractivity contribution >= 4 is 9.84 Å². The molecule has 0 saturated carbocycles. The summed E-state index contributed by atoms with van der Waals surface area (Å²) in [6.07, 6.45) is 1.94. The van der Waals surface area contributed by atoms with E-state index in [1.54, 1.807) is 30.3 Å². The van der Waals surface area contributed by atoms with Crippen LogP contribution in [-0.2, 0) is 16.3 Å². The van der Waals surface area contributed by atoms with Crippen molar-refractivity contribution in [2.45, 2.75) is 18.2 Å². The Hall–Kier alpha value is -1.88. The van der Waals surface area contributed by atoms with E-state index in [2.05, 4.69) is 4.98 Å². The minimum absolute atomic E-state index is 0.151. The van der Waals surface area contributed by atoms with Crippen LogP contribution in [0.5, 0.6) is 0 Å². The van der Waals surface area contributed by atoms with Crippen molar-refractivity contribution in [2.24, 2.45) is 0 Å². The lowest BCUT2D eigenvalue weighted by Gasteiger charge is -2.05. The van der Waals surface area contributed by atoms with E-state index in [0.717, 1.165) is 17.5 Å². The van der Waals surface area contributed by atoms with E-state index in [-0.39, 0.29) is 10.5 Å². The van der Waals surface area contributed by atoms with Gasteiger partial charge in [0, 0.05) is 18.0 Å². The Labute approximate surface area is 112 Å². The van der Waals surface area contributed by atoms with Gasteiger partial charge in [-0.1, -0.05) is 19.1 Å². The van der Waals surface area contributed by atoms with Gasteiger partial charge in [0.2, 0.25) is 5.56 Å².